The molecule has 2 rings (SSSR count). The van der Waals surface area contributed by atoms with Gasteiger partial charge in [0.25, 0.3) is 0 Å². The standard InChI is InChI=1S/C30H56O13/c1-19(15-13-11-9-7-5-3-2-4-6-8-10-12-14-16-22(33)34)40-30-28(26(38)24(36)21(18-32)42-30)43-29-27(39)25(37)23(35)20(17-31)41-29/h2-3,19-39H,4-18H2,1H3/b3-2-. The highest BCUT2D eigenvalue weighted by atomic mass is 16.8. The molecule has 2 heterocycles. The molecule has 0 saturated carbocycles. The molecule has 2 aliphatic rings. The van der Waals surface area contributed by atoms with Gasteiger partial charge in [-0.3, -0.25) is 0 Å². The van der Waals surface area contributed by atoms with Crippen LogP contribution in [-0.4, -0.2) is 133 Å². The Balaban J connectivity index is 1.70. The van der Waals surface area contributed by atoms with E-state index < -0.39 is 80.9 Å². The second-order valence-corrected chi connectivity index (χ2v) is 11.7. The Morgan fingerprint density at radius 2 is 1.09 bits per heavy atom. The van der Waals surface area contributed by atoms with Crippen molar-refractivity contribution >= 4 is 0 Å². The maximum atomic E-state index is 10.7. The van der Waals surface area contributed by atoms with E-state index in [4.69, 9.17) is 29.2 Å². The third kappa shape index (κ3) is 13.2. The topological polar surface area (TPSA) is 219 Å². The summed E-state index contributed by atoms with van der Waals surface area (Å²) in [7, 11) is 0. The minimum atomic E-state index is -1.71. The average Bonchev–Trinajstić information content (AvgIpc) is 2.98. The molecule has 2 fully saturated rings. The van der Waals surface area contributed by atoms with Crippen molar-refractivity contribution in [3.05, 3.63) is 12.2 Å². The summed E-state index contributed by atoms with van der Waals surface area (Å²) in [6.45, 7) is 0.598. The predicted octanol–water partition coefficient (Wildman–Crippen LogP) is -0.0462. The molecule has 0 aromatic rings. The second kappa shape index (κ2) is 21.1. The number of allylic oxidation sites excluding steroid dienone is 2. The van der Waals surface area contributed by atoms with Crippen molar-refractivity contribution in [3.8, 4) is 0 Å². The zero-order valence-electron chi connectivity index (χ0n) is 25.3. The van der Waals surface area contributed by atoms with Crippen molar-refractivity contribution in [3.63, 3.8) is 0 Å². The lowest BCUT2D eigenvalue weighted by Crippen LogP contribution is -2.64. The van der Waals surface area contributed by atoms with Crippen LogP contribution < -0.4 is 0 Å². The lowest BCUT2D eigenvalue weighted by Gasteiger charge is -2.46. The zero-order chi connectivity index (χ0) is 31.8. The number of rotatable bonds is 21. The fourth-order valence-electron chi connectivity index (χ4n) is 5.35. The summed E-state index contributed by atoms with van der Waals surface area (Å²) in [5, 5.41) is 88.3. The Morgan fingerprint density at radius 3 is 1.65 bits per heavy atom. The Bertz CT molecular complexity index is 739. The van der Waals surface area contributed by atoms with Crippen LogP contribution in [0.1, 0.15) is 90.4 Å². The fourth-order valence-corrected chi connectivity index (χ4v) is 5.35. The van der Waals surface area contributed by atoms with Gasteiger partial charge in [-0.25, -0.2) is 0 Å². The van der Waals surface area contributed by atoms with Crippen LogP contribution in [0.2, 0.25) is 0 Å². The molecule has 254 valence electrons. The van der Waals surface area contributed by atoms with Gasteiger partial charge in [-0.05, 0) is 51.9 Å². The maximum absolute atomic E-state index is 10.7. The van der Waals surface area contributed by atoms with E-state index in [1.54, 1.807) is 0 Å². The Hall–Kier alpha value is -0.780. The largest absolute Gasteiger partial charge is 0.394 e. The molecule has 2 aliphatic heterocycles. The van der Waals surface area contributed by atoms with E-state index in [0.717, 1.165) is 70.6 Å². The SMILES string of the molecule is CC(CCCCCC/C=C\CCCCCCCC(O)O)OC1OC(CO)C(O)C(O)C1OC1OC(CO)C(O)C(O)C1O. The minimum absolute atomic E-state index is 0.332. The van der Waals surface area contributed by atoms with Crippen molar-refractivity contribution in [1.29, 1.82) is 0 Å². The monoisotopic (exact) mass is 624 g/mol. The van der Waals surface area contributed by atoms with Gasteiger partial charge in [0.15, 0.2) is 18.9 Å². The number of ether oxygens (including phenoxy) is 4. The lowest BCUT2D eigenvalue weighted by molar-refractivity contribution is -0.371. The highest BCUT2D eigenvalue weighted by Crippen LogP contribution is 2.30. The highest BCUT2D eigenvalue weighted by Gasteiger charge is 2.51. The van der Waals surface area contributed by atoms with Gasteiger partial charge in [0.05, 0.1) is 19.3 Å². The quantitative estimate of drug-likeness (QED) is 0.0465. The van der Waals surface area contributed by atoms with E-state index in [2.05, 4.69) is 12.2 Å². The normalized spacial score (nSPS) is 34.3. The van der Waals surface area contributed by atoms with Gasteiger partial charge in [0.1, 0.15) is 48.8 Å². The molecule has 0 aromatic heterocycles. The minimum Gasteiger partial charge on any atom is -0.394 e. The number of aliphatic hydroxyl groups excluding tert-OH is 8. The average molecular weight is 625 g/mol. The zero-order valence-corrected chi connectivity index (χ0v) is 25.3. The van der Waals surface area contributed by atoms with Crippen LogP contribution in [0.25, 0.3) is 0 Å². The van der Waals surface area contributed by atoms with Crippen LogP contribution in [0.4, 0.5) is 0 Å². The van der Waals surface area contributed by atoms with Crippen LogP contribution in [0, 0.1) is 0 Å². The molecule has 43 heavy (non-hydrogen) atoms. The molecule has 0 spiro atoms. The molecule has 11 unspecified atom stereocenters. The molecular formula is C30H56O13. The lowest BCUT2D eigenvalue weighted by atomic mass is 9.97. The molecular weight excluding hydrogens is 568 g/mol. The van der Waals surface area contributed by atoms with Crippen LogP contribution in [0.5, 0.6) is 0 Å². The molecule has 0 aromatic carbocycles. The van der Waals surface area contributed by atoms with Gasteiger partial charge in [-0.15, -0.1) is 0 Å². The Labute approximate surface area is 254 Å². The third-order valence-electron chi connectivity index (χ3n) is 8.06. The second-order valence-electron chi connectivity index (χ2n) is 11.7. The summed E-state index contributed by atoms with van der Waals surface area (Å²) in [5.41, 5.74) is 0. The molecule has 0 radical (unpaired) electrons. The van der Waals surface area contributed by atoms with Crippen LogP contribution in [0.3, 0.4) is 0 Å². The smallest absolute Gasteiger partial charge is 0.187 e. The van der Waals surface area contributed by atoms with Crippen LogP contribution in [-0.2, 0) is 18.9 Å². The van der Waals surface area contributed by atoms with Crippen molar-refractivity contribution in [2.75, 3.05) is 13.2 Å². The van der Waals surface area contributed by atoms with E-state index in [-0.39, 0.29) is 6.10 Å². The summed E-state index contributed by atoms with van der Waals surface area (Å²) < 4.78 is 22.8. The summed E-state index contributed by atoms with van der Waals surface area (Å²) in [5.74, 6) is 0. The molecule has 0 bridgehead atoms. The molecule has 0 aliphatic carbocycles. The molecule has 13 heteroatoms. The van der Waals surface area contributed by atoms with Crippen molar-refractivity contribution < 1.29 is 64.9 Å². The van der Waals surface area contributed by atoms with E-state index in [1.807, 2.05) is 6.92 Å². The van der Waals surface area contributed by atoms with E-state index in [0.29, 0.717) is 12.8 Å². The summed E-state index contributed by atoms with van der Waals surface area (Å²) >= 11 is 0. The Morgan fingerprint density at radius 1 is 0.605 bits per heavy atom. The van der Waals surface area contributed by atoms with Crippen molar-refractivity contribution in [1.82, 2.24) is 0 Å². The van der Waals surface area contributed by atoms with E-state index in [1.165, 1.54) is 0 Å². The van der Waals surface area contributed by atoms with Gasteiger partial charge in [0.2, 0.25) is 0 Å². The molecule has 2 saturated heterocycles. The first-order valence-electron chi connectivity index (χ1n) is 15.9. The first-order chi connectivity index (χ1) is 20.6. The summed E-state index contributed by atoms with van der Waals surface area (Å²) in [6.07, 6.45) is 0.855. The molecule has 0 amide bonds. The number of unbranched alkanes of at least 4 members (excludes halogenated alkanes) is 9. The van der Waals surface area contributed by atoms with Gasteiger partial charge in [0, 0.05) is 0 Å². The Kier molecular flexibility index (Phi) is 18.8. The number of aliphatic hydroxyl groups is 9. The van der Waals surface area contributed by atoms with Crippen LogP contribution in [0.15, 0.2) is 12.2 Å². The highest BCUT2D eigenvalue weighted by molar-refractivity contribution is 4.94. The molecule has 9 N–H and O–H groups in total. The fraction of sp³-hybridized carbons (Fsp3) is 0.933. The van der Waals surface area contributed by atoms with E-state index in [9.17, 15) is 35.7 Å². The molecule has 11 atom stereocenters. The van der Waals surface area contributed by atoms with Gasteiger partial charge < -0.3 is 64.9 Å². The van der Waals surface area contributed by atoms with Crippen molar-refractivity contribution in [2.45, 2.75) is 164 Å². The van der Waals surface area contributed by atoms with Crippen molar-refractivity contribution in [2.24, 2.45) is 0 Å². The first kappa shape index (κ1) is 38.4. The van der Waals surface area contributed by atoms with E-state index >= 15 is 0 Å². The van der Waals surface area contributed by atoms with Crippen LogP contribution >= 0.6 is 0 Å². The number of hydrogen-bond donors (Lipinski definition) is 9. The van der Waals surface area contributed by atoms with Gasteiger partial charge in [-0.1, -0.05) is 50.7 Å². The molecule has 13 nitrogen and oxygen atoms in total. The van der Waals surface area contributed by atoms with Gasteiger partial charge in [-0.2, -0.15) is 0 Å². The predicted molar refractivity (Wildman–Crippen MR) is 154 cm³/mol. The maximum Gasteiger partial charge on any atom is 0.187 e. The first-order valence-corrected chi connectivity index (χ1v) is 15.9. The van der Waals surface area contributed by atoms with Gasteiger partial charge >= 0.3 is 0 Å². The summed E-state index contributed by atoms with van der Waals surface area (Å²) in [6, 6.07) is 0. The number of hydrogen-bond acceptors (Lipinski definition) is 13. The summed E-state index contributed by atoms with van der Waals surface area (Å²) in [4.78, 5) is 0. The third-order valence-corrected chi connectivity index (χ3v) is 8.06.